The highest BCUT2D eigenvalue weighted by molar-refractivity contribution is 9.10. The van der Waals surface area contributed by atoms with Gasteiger partial charge in [0, 0.05) is 30.7 Å². The molecule has 1 saturated heterocycles. The Morgan fingerprint density at radius 2 is 1.84 bits per heavy atom. The standard InChI is InChI=1S/C19H22BrN3O2/c1-22-9-11-23(12-10-22)18-8-7-16(20)13-17(18)21-19(24)25-14-15-5-3-2-4-6-15/h2-8,13H,9-12,14H2,1H3,(H,21,24). The van der Waals surface area contributed by atoms with E-state index in [4.69, 9.17) is 4.74 Å². The molecule has 3 rings (SSSR count). The fraction of sp³-hybridized carbons (Fsp3) is 0.316. The first-order valence-corrected chi connectivity index (χ1v) is 9.12. The van der Waals surface area contributed by atoms with Crippen molar-refractivity contribution in [3.05, 3.63) is 58.6 Å². The summed E-state index contributed by atoms with van der Waals surface area (Å²) in [5.74, 6) is 0. The van der Waals surface area contributed by atoms with E-state index in [-0.39, 0.29) is 6.61 Å². The molecule has 2 aromatic carbocycles. The number of likely N-dealkylation sites (N-methyl/N-ethyl adjacent to an activating group) is 1. The Labute approximate surface area is 156 Å². The van der Waals surface area contributed by atoms with Gasteiger partial charge in [0.25, 0.3) is 0 Å². The summed E-state index contributed by atoms with van der Waals surface area (Å²) >= 11 is 3.48. The largest absolute Gasteiger partial charge is 0.444 e. The number of ether oxygens (including phenoxy) is 1. The number of carbonyl (C=O) groups is 1. The molecule has 1 amide bonds. The molecule has 0 saturated carbocycles. The highest BCUT2D eigenvalue weighted by Crippen LogP contribution is 2.30. The molecule has 0 radical (unpaired) electrons. The first-order chi connectivity index (χ1) is 12.1. The van der Waals surface area contributed by atoms with E-state index in [2.05, 4.69) is 38.1 Å². The summed E-state index contributed by atoms with van der Waals surface area (Å²) in [6.45, 7) is 4.14. The smallest absolute Gasteiger partial charge is 0.412 e. The molecule has 6 heteroatoms. The van der Waals surface area contributed by atoms with E-state index in [1.807, 2.05) is 48.5 Å². The number of hydrogen-bond donors (Lipinski definition) is 1. The first kappa shape index (κ1) is 17.8. The summed E-state index contributed by atoms with van der Waals surface area (Å²) in [6.07, 6.45) is -0.447. The van der Waals surface area contributed by atoms with Crippen molar-refractivity contribution in [2.24, 2.45) is 0 Å². The molecule has 2 aromatic rings. The Kier molecular flexibility index (Phi) is 5.94. The van der Waals surface area contributed by atoms with Gasteiger partial charge in [-0.15, -0.1) is 0 Å². The average Bonchev–Trinajstić information content (AvgIpc) is 2.62. The van der Waals surface area contributed by atoms with Gasteiger partial charge in [0.05, 0.1) is 11.4 Å². The Bertz CT molecular complexity index is 716. The number of rotatable bonds is 4. The molecule has 1 aliphatic rings. The molecule has 1 aliphatic heterocycles. The van der Waals surface area contributed by atoms with Crippen LogP contribution in [0.25, 0.3) is 0 Å². The molecule has 0 aromatic heterocycles. The zero-order chi connectivity index (χ0) is 17.6. The monoisotopic (exact) mass is 403 g/mol. The summed E-state index contributed by atoms with van der Waals surface area (Å²) in [7, 11) is 2.12. The maximum atomic E-state index is 12.2. The fourth-order valence-electron chi connectivity index (χ4n) is 2.80. The van der Waals surface area contributed by atoms with Gasteiger partial charge in [-0.2, -0.15) is 0 Å². The fourth-order valence-corrected chi connectivity index (χ4v) is 3.16. The lowest BCUT2D eigenvalue weighted by atomic mass is 10.2. The van der Waals surface area contributed by atoms with Crippen molar-refractivity contribution >= 4 is 33.4 Å². The Morgan fingerprint density at radius 1 is 1.12 bits per heavy atom. The van der Waals surface area contributed by atoms with Crippen LogP contribution in [0.1, 0.15) is 5.56 Å². The SMILES string of the molecule is CN1CCN(c2ccc(Br)cc2NC(=O)OCc2ccccc2)CC1. The summed E-state index contributed by atoms with van der Waals surface area (Å²) in [5.41, 5.74) is 2.75. The number of halogens is 1. The van der Waals surface area contributed by atoms with E-state index < -0.39 is 6.09 Å². The van der Waals surface area contributed by atoms with Crippen molar-refractivity contribution in [2.75, 3.05) is 43.4 Å². The molecule has 0 unspecified atom stereocenters. The Hall–Kier alpha value is -2.05. The minimum absolute atomic E-state index is 0.254. The number of hydrogen-bond acceptors (Lipinski definition) is 4. The zero-order valence-corrected chi connectivity index (χ0v) is 15.8. The number of carbonyl (C=O) groups excluding carboxylic acids is 1. The van der Waals surface area contributed by atoms with E-state index in [0.29, 0.717) is 0 Å². The van der Waals surface area contributed by atoms with Gasteiger partial charge in [0.2, 0.25) is 0 Å². The molecule has 0 aliphatic carbocycles. The normalized spacial score (nSPS) is 15.0. The maximum Gasteiger partial charge on any atom is 0.412 e. The van der Waals surface area contributed by atoms with E-state index in [1.165, 1.54) is 0 Å². The third-order valence-corrected chi connectivity index (χ3v) is 4.75. The van der Waals surface area contributed by atoms with E-state index in [9.17, 15) is 4.79 Å². The Morgan fingerprint density at radius 3 is 2.56 bits per heavy atom. The lowest BCUT2D eigenvalue weighted by Crippen LogP contribution is -2.44. The van der Waals surface area contributed by atoms with Gasteiger partial charge in [-0.05, 0) is 30.8 Å². The van der Waals surface area contributed by atoms with Gasteiger partial charge in [0.15, 0.2) is 0 Å². The van der Waals surface area contributed by atoms with Gasteiger partial charge in [-0.1, -0.05) is 46.3 Å². The summed E-state index contributed by atoms with van der Waals surface area (Å²) < 4.78 is 6.26. The van der Waals surface area contributed by atoms with Crippen molar-refractivity contribution in [3.8, 4) is 0 Å². The first-order valence-electron chi connectivity index (χ1n) is 8.32. The van der Waals surface area contributed by atoms with E-state index >= 15 is 0 Å². The molecule has 1 N–H and O–H groups in total. The van der Waals surface area contributed by atoms with Crippen molar-refractivity contribution < 1.29 is 9.53 Å². The average molecular weight is 404 g/mol. The number of piperazine rings is 1. The quantitative estimate of drug-likeness (QED) is 0.839. The topological polar surface area (TPSA) is 44.8 Å². The van der Waals surface area contributed by atoms with Crippen LogP contribution in [0.3, 0.4) is 0 Å². The maximum absolute atomic E-state index is 12.2. The lowest BCUT2D eigenvalue weighted by molar-refractivity contribution is 0.155. The van der Waals surface area contributed by atoms with Crippen molar-refractivity contribution in [3.63, 3.8) is 0 Å². The van der Waals surface area contributed by atoms with E-state index in [0.717, 1.165) is 47.6 Å². The van der Waals surface area contributed by atoms with Gasteiger partial charge in [0.1, 0.15) is 6.61 Å². The molecule has 0 atom stereocenters. The third-order valence-electron chi connectivity index (χ3n) is 4.25. The minimum atomic E-state index is -0.447. The van der Waals surface area contributed by atoms with Crippen LogP contribution in [0.2, 0.25) is 0 Å². The number of benzene rings is 2. The predicted molar refractivity (Wildman–Crippen MR) is 104 cm³/mol. The van der Waals surface area contributed by atoms with Crippen LogP contribution >= 0.6 is 15.9 Å². The number of nitrogens with zero attached hydrogens (tertiary/aromatic N) is 2. The minimum Gasteiger partial charge on any atom is -0.444 e. The highest BCUT2D eigenvalue weighted by atomic mass is 79.9. The summed E-state index contributed by atoms with van der Waals surface area (Å²) in [6, 6.07) is 15.6. The second-order valence-electron chi connectivity index (χ2n) is 6.14. The van der Waals surface area contributed by atoms with Gasteiger partial charge in [-0.3, -0.25) is 5.32 Å². The summed E-state index contributed by atoms with van der Waals surface area (Å²) in [5, 5.41) is 2.88. The van der Waals surface area contributed by atoms with Crippen LogP contribution in [0.4, 0.5) is 16.2 Å². The highest BCUT2D eigenvalue weighted by Gasteiger charge is 2.18. The molecular formula is C19H22BrN3O2. The van der Waals surface area contributed by atoms with Gasteiger partial charge in [-0.25, -0.2) is 4.79 Å². The predicted octanol–water partition coefficient (Wildman–Crippen LogP) is 3.95. The van der Waals surface area contributed by atoms with Crippen molar-refractivity contribution in [1.29, 1.82) is 0 Å². The summed E-state index contributed by atoms with van der Waals surface area (Å²) in [4.78, 5) is 16.8. The number of nitrogens with one attached hydrogen (secondary N) is 1. The number of anilines is 2. The lowest BCUT2D eigenvalue weighted by Gasteiger charge is -2.35. The molecule has 1 heterocycles. The van der Waals surface area contributed by atoms with Crippen LogP contribution in [-0.2, 0) is 11.3 Å². The molecule has 25 heavy (non-hydrogen) atoms. The molecule has 1 fully saturated rings. The van der Waals surface area contributed by atoms with Crippen LogP contribution in [0, 0.1) is 0 Å². The van der Waals surface area contributed by atoms with Crippen LogP contribution in [-0.4, -0.2) is 44.2 Å². The zero-order valence-electron chi connectivity index (χ0n) is 14.2. The number of amides is 1. The molecule has 0 bridgehead atoms. The third kappa shape index (κ3) is 4.96. The molecular weight excluding hydrogens is 382 g/mol. The van der Waals surface area contributed by atoms with Crippen molar-refractivity contribution in [2.45, 2.75) is 6.61 Å². The molecule has 0 spiro atoms. The van der Waals surface area contributed by atoms with Crippen LogP contribution in [0.15, 0.2) is 53.0 Å². The van der Waals surface area contributed by atoms with Crippen molar-refractivity contribution in [1.82, 2.24) is 4.90 Å². The van der Waals surface area contributed by atoms with Crippen LogP contribution in [0.5, 0.6) is 0 Å². The molecule has 132 valence electrons. The second kappa shape index (κ2) is 8.36. The van der Waals surface area contributed by atoms with E-state index in [1.54, 1.807) is 0 Å². The second-order valence-corrected chi connectivity index (χ2v) is 7.05. The Balaban J connectivity index is 1.66. The molecule has 5 nitrogen and oxygen atoms in total. The van der Waals surface area contributed by atoms with Gasteiger partial charge < -0.3 is 14.5 Å². The van der Waals surface area contributed by atoms with Crippen LogP contribution < -0.4 is 10.2 Å². The van der Waals surface area contributed by atoms with Gasteiger partial charge >= 0.3 is 6.09 Å².